The Balaban J connectivity index is 1.75. The minimum absolute atomic E-state index is 0.176. The number of hydrogen-bond acceptors (Lipinski definition) is 8. The average molecular weight is 337 g/mol. The zero-order valence-electron chi connectivity index (χ0n) is 13.1. The first-order valence-electron chi connectivity index (χ1n) is 7.62. The Kier molecular flexibility index (Phi) is 3.75. The third-order valence-electron chi connectivity index (χ3n) is 3.65. The summed E-state index contributed by atoms with van der Waals surface area (Å²) in [6.07, 6.45) is 1.71. The van der Waals surface area contributed by atoms with E-state index in [1.807, 2.05) is 30.3 Å². The molecule has 4 rings (SSSR count). The molecule has 4 aromatic rings. The van der Waals surface area contributed by atoms with Gasteiger partial charge in [-0.3, -0.25) is 4.98 Å². The molecule has 1 aromatic carbocycles. The first-order chi connectivity index (χ1) is 12.3. The first-order valence-corrected chi connectivity index (χ1v) is 7.62. The molecule has 126 valence electrons. The summed E-state index contributed by atoms with van der Waals surface area (Å²) in [5, 5.41) is 7.34. The van der Waals surface area contributed by atoms with Crippen molar-refractivity contribution in [3.8, 4) is 28.5 Å². The molecule has 0 bridgehead atoms. The van der Waals surface area contributed by atoms with E-state index in [0.717, 1.165) is 22.5 Å². The molecular formula is C16H15N7O2. The van der Waals surface area contributed by atoms with Crippen LogP contribution in [0.15, 0.2) is 41.2 Å². The summed E-state index contributed by atoms with van der Waals surface area (Å²) in [7, 11) is 0. The van der Waals surface area contributed by atoms with E-state index in [1.54, 1.807) is 6.20 Å². The molecular weight excluding hydrogens is 322 g/mol. The van der Waals surface area contributed by atoms with E-state index in [9.17, 15) is 0 Å². The Labute approximate surface area is 142 Å². The van der Waals surface area contributed by atoms with Gasteiger partial charge in [0.05, 0.1) is 11.2 Å². The van der Waals surface area contributed by atoms with Crippen LogP contribution in [-0.2, 0) is 0 Å². The number of imidazole rings is 1. The van der Waals surface area contributed by atoms with Crippen LogP contribution >= 0.6 is 0 Å². The number of ether oxygens (including phenoxy) is 1. The SMILES string of the molecule is NCCOc1ccc(-c2nccc3[nH]c(-c4nonc4N)nc23)cc1. The number of benzene rings is 1. The molecule has 0 aliphatic carbocycles. The van der Waals surface area contributed by atoms with Gasteiger partial charge in [0.25, 0.3) is 0 Å². The second kappa shape index (κ2) is 6.21. The summed E-state index contributed by atoms with van der Waals surface area (Å²) in [6, 6.07) is 9.43. The van der Waals surface area contributed by atoms with Crippen LogP contribution in [-0.4, -0.2) is 38.4 Å². The lowest BCUT2D eigenvalue weighted by molar-refractivity contribution is 0.310. The molecule has 0 aliphatic rings. The number of anilines is 1. The van der Waals surface area contributed by atoms with Crippen LogP contribution in [0.4, 0.5) is 5.82 Å². The summed E-state index contributed by atoms with van der Waals surface area (Å²) in [6.45, 7) is 0.946. The lowest BCUT2D eigenvalue weighted by Gasteiger charge is -2.06. The van der Waals surface area contributed by atoms with E-state index in [-0.39, 0.29) is 5.82 Å². The Morgan fingerprint density at radius 2 is 1.92 bits per heavy atom. The monoisotopic (exact) mass is 337 g/mol. The predicted molar refractivity (Wildman–Crippen MR) is 91.6 cm³/mol. The fourth-order valence-electron chi connectivity index (χ4n) is 2.50. The van der Waals surface area contributed by atoms with Crippen LogP contribution in [0.1, 0.15) is 0 Å². The molecule has 0 amide bonds. The molecule has 0 unspecified atom stereocenters. The largest absolute Gasteiger partial charge is 0.492 e. The van der Waals surface area contributed by atoms with Gasteiger partial charge in [-0.05, 0) is 40.6 Å². The highest BCUT2D eigenvalue weighted by molar-refractivity contribution is 5.91. The van der Waals surface area contributed by atoms with Gasteiger partial charge in [0, 0.05) is 18.3 Å². The number of nitrogens with zero attached hydrogens (tertiary/aromatic N) is 4. The lowest BCUT2D eigenvalue weighted by atomic mass is 10.1. The van der Waals surface area contributed by atoms with Crippen molar-refractivity contribution in [3.63, 3.8) is 0 Å². The molecule has 3 aromatic heterocycles. The Morgan fingerprint density at radius 3 is 2.64 bits per heavy atom. The van der Waals surface area contributed by atoms with Crippen molar-refractivity contribution in [2.75, 3.05) is 18.9 Å². The third kappa shape index (κ3) is 2.76. The van der Waals surface area contributed by atoms with Gasteiger partial charge < -0.3 is 21.2 Å². The zero-order valence-corrected chi connectivity index (χ0v) is 13.1. The van der Waals surface area contributed by atoms with Gasteiger partial charge in [0.2, 0.25) is 0 Å². The summed E-state index contributed by atoms with van der Waals surface area (Å²) in [5.41, 5.74) is 14.7. The second-order valence-corrected chi connectivity index (χ2v) is 5.30. The first kappa shape index (κ1) is 15.1. The van der Waals surface area contributed by atoms with Crippen molar-refractivity contribution in [1.29, 1.82) is 0 Å². The quantitative estimate of drug-likeness (QED) is 0.498. The number of pyridine rings is 1. The normalized spacial score (nSPS) is 11.1. The molecule has 0 radical (unpaired) electrons. The average Bonchev–Trinajstić information content (AvgIpc) is 3.25. The number of rotatable bonds is 5. The van der Waals surface area contributed by atoms with E-state index < -0.39 is 0 Å². The van der Waals surface area contributed by atoms with Crippen molar-refractivity contribution in [3.05, 3.63) is 36.5 Å². The van der Waals surface area contributed by atoms with E-state index in [2.05, 4.69) is 29.9 Å². The smallest absolute Gasteiger partial charge is 0.199 e. The van der Waals surface area contributed by atoms with Crippen LogP contribution in [0.3, 0.4) is 0 Å². The fourth-order valence-corrected chi connectivity index (χ4v) is 2.50. The second-order valence-electron chi connectivity index (χ2n) is 5.30. The minimum atomic E-state index is 0.176. The molecule has 0 aliphatic heterocycles. The molecule has 0 fully saturated rings. The summed E-state index contributed by atoms with van der Waals surface area (Å²) >= 11 is 0. The van der Waals surface area contributed by atoms with Gasteiger partial charge in [-0.2, -0.15) is 0 Å². The van der Waals surface area contributed by atoms with Gasteiger partial charge >= 0.3 is 0 Å². The maximum atomic E-state index is 5.73. The highest BCUT2D eigenvalue weighted by Gasteiger charge is 2.16. The standard InChI is InChI=1S/C16H15N7O2/c17-6-8-24-10-3-1-9(2-4-10)12-13-11(5-7-19-12)20-16(21-13)14-15(18)23-25-22-14/h1-5,7H,6,8,17H2,(H2,18,23)(H,20,21). The summed E-state index contributed by atoms with van der Waals surface area (Å²) in [4.78, 5) is 12.2. The molecule has 3 heterocycles. The van der Waals surface area contributed by atoms with Crippen LogP contribution in [0.2, 0.25) is 0 Å². The van der Waals surface area contributed by atoms with Crippen molar-refractivity contribution >= 4 is 16.9 Å². The van der Waals surface area contributed by atoms with Crippen molar-refractivity contribution in [2.24, 2.45) is 5.73 Å². The van der Waals surface area contributed by atoms with Gasteiger partial charge in [-0.1, -0.05) is 0 Å². The molecule has 25 heavy (non-hydrogen) atoms. The van der Waals surface area contributed by atoms with Gasteiger partial charge in [-0.15, -0.1) is 0 Å². The number of nitrogens with two attached hydrogens (primary N) is 2. The zero-order chi connectivity index (χ0) is 17.2. The number of nitrogen functional groups attached to an aromatic ring is 1. The van der Waals surface area contributed by atoms with E-state index >= 15 is 0 Å². The number of nitrogens with one attached hydrogen (secondary N) is 1. The fraction of sp³-hybridized carbons (Fsp3) is 0.125. The van der Waals surface area contributed by atoms with Gasteiger partial charge in [-0.25, -0.2) is 9.61 Å². The van der Waals surface area contributed by atoms with Crippen molar-refractivity contribution in [1.82, 2.24) is 25.3 Å². The molecule has 5 N–H and O–H groups in total. The molecule has 0 saturated carbocycles. The maximum Gasteiger partial charge on any atom is 0.199 e. The molecule has 0 saturated heterocycles. The van der Waals surface area contributed by atoms with E-state index in [0.29, 0.717) is 30.2 Å². The third-order valence-corrected chi connectivity index (χ3v) is 3.65. The number of hydrogen-bond donors (Lipinski definition) is 3. The predicted octanol–water partition coefficient (Wildman–Crippen LogP) is 1.59. The molecule has 0 spiro atoms. The Bertz CT molecular complexity index is 1010. The highest BCUT2D eigenvalue weighted by Crippen LogP contribution is 2.29. The van der Waals surface area contributed by atoms with Crippen LogP contribution in [0, 0.1) is 0 Å². The Morgan fingerprint density at radius 1 is 1.08 bits per heavy atom. The topological polar surface area (TPSA) is 142 Å². The van der Waals surface area contributed by atoms with Crippen molar-refractivity contribution in [2.45, 2.75) is 0 Å². The number of fused-ring (bicyclic) bond motifs is 1. The summed E-state index contributed by atoms with van der Waals surface area (Å²) in [5.74, 6) is 1.41. The van der Waals surface area contributed by atoms with Crippen LogP contribution in [0.25, 0.3) is 33.8 Å². The highest BCUT2D eigenvalue weighted by atomic mass is 16.6. The number of H-pyrrole nitrogens is 1. The Hall–Kier alpha value is -3.46. The van der Waals surface area contributed by atoms with E-state index in [1.165, 1.54) is 0 Å². The van der Waals surface area contributed by atoms with Crippen molar-refractivity contribution < 1.29 is 9.37 Å². The number of aromatic amines is 1. The molecule has 0 atom stereocenters. The minimum Gasteiger partial charge on any atom is -0.492 e. The van der Waals surface area contributed by atoms with Crippen LogP contribution < -0.4 is 16.2 Å². The van der Waals surface area contributed by atoms with Crippen LogP contribution in [0.5, 0.6) is 5.75 Å². The summed E-state index contributed by atoms with van der Waals surface area (Å²) < 4.78 is 10.1. The lowest BCUT2D eigenvalue weighted by Crippen LogP contribution is -2.10. The van der Waals surface area contributed by atoms with E-state index in [4.69, 9.17) is 16.2 Å². The molecule has 9 heteroatoms. The number of aromatic nitrogens is 5. The molecule has 9 nitrogen and oxygen atoms in total. The van der Waals surface area contributed by atoms with Gasteiger partial charge in [0.1, 0.15) is 17.9 Å². The maximum absolute atomic E-state index is 5.73. The van der Waals surface area contributed by atoms with Gasteiger partial charge in [0.15, 0.2) is 17.3 Å².